The summed E-state index contributed by atoms with van der Waals surface area (Å²) in [5, 5.41) is 12.4. The number of piperidine rings is 1. The van der Waals surface area contributed by atoms with Gasteiger partial charge in [0.2, 0.25) is 0 Å². The zero-order valence-electron chi connectivity index (χ0n) is 14.8. The molecule has 1 saturated heterocycles. The third kappa shape index (κ3) is 3.22. The third-order valence-electron chi connectivity index (χ3n) is 5.70. The number of benzene rings is 2. The van der Waals surface area contributed by atoms with Crippen molar-refractivity contribution in [2.45, 2.75) is 31.8 Å². The van der Waals surface area contributed by atoms with Crippen LogP contribution in [0.5, 0.6) is 0 Å². The molecule has 3 aromatic rings. The minimum atomic E-state index is -0.664. The van der Waals surface area contributed by atoms with Crippen LogP contribution in [0.1, 0.15) is 29.5 Å². The molecule has 0 bridgehead atoms. The normalized spacial score (nSPS) is 17.8. The van der Waals surface area contributed by atoms with E-state index in [-0.39, 0.29) is 0 Å². The van der Waals surface area contributed by atoms with Crippen LogP contribution in [0.2, 0.25) is 0 Å². The fraction of sp³-hybridized carbons (Fsp3) is 0.364. The third-order valence-corrected chi connectivity index (χ3v) is 5.70. The second kappa shape index (κ2) is 6.66. The van der Waals surface area contributed by atoms with Gasteiger partial charge in [-0.1, -0.05) is 42.5 Å². The number of hydrogen-bond donors (Lipinski definition) is 2. The molecule has 1 aliphatic heterocycles. The van der Waals surface area contributed by atoms with Crippen molar-refractivity contribution in [3.63, 3.8) is 0 Å². The van der Waals surface area contributed by atoms with Crippen LogP contribution < -0.4 is 0 Å². The molecule has 2 N–H and O–H groups in total. The highest BCUT2D eigenvalue weighted by molar-refractivity contribution is 5.83. The summed E-state index contributed by atoms with van der Waals surface area (Å²) in [6.45, 7) is 5.04. The van der Waals surface area contributed by atoms with E-state index in [2.05, 4.69) is 59.4 Å². The first kappa shape index (κ1) is 16.4. The minimum absolute atomic E-state index is 0.664. The lowest BCUT2D eigenvalue weighted by Crippen LogP contribution is -2.43. The second-order valence-electron chi connectivity index (χ2n) is 7.30. The summed E-state index contributed by atoms with van der Waals surface area (Å²) in [7, 11) is 0. The molecule has 0 spiro atoms. The standard InChI is InChI=1S/C22H26N2O/c1-17-6-2-4-8-20(17)22(25)11-14-24(15-12-22)13-10-18-16-23-21-9-5-3-7-19(18)21/h2-9,16,23,25H,10-15H2,1H3. The van der Waals surface area contributed by atoms with Crippen molar-refractivity contribution < 1.29 is 5.11 Å². The van der Waals surface area contributed by atoms with Gasteiger partial charge in [0.1, 0.15) is 0 Å². The number of para-hydroxylation sites is 1. The van der Waals surface area contributed by atoms with E-state index in [4.69, 9.17) is 0 Å². The molecule has 0 unspecified atom stereocenters. The van der Waals surface area contributed by atoms with Gasteiger partial charge in [0, 0.05) is 36.7 Å². The van der Waals surface area contributed by atoms with Crippen molar-refractivity contribution in [3.05, 3.63) is 71.4 Å². The van der Waals surface area contributed by atoms with Crippen LogP contribution in [0, 0.1) is 6.92 Å². The lowest BCUT2D eigenvalue weighted by molar-refractivity contribution is -0.0260. The Labute approximate surface area is 149 Å². The summed E-state index contributed by atoms with van der Waals surface area (Å²) in [5.74, 6) is 0. The van der Waals surface area contributed by atoms with Gasteiger partial charge in [-0.05, 0) is 48.9 Å². The SMILES string of the molecule is Cc1ccccc1C1(O)CCN(CCc2c[nH]c3ccccc23)CC1. The Bertz CT molecular complexity index is 859. The number of hydrogen-bond acceptors (Lipinski definition) is 2. The highest BCUT2D eigenvalue weighted by Gasteiger charge is 2.34. The monoisotopic (exact) mass is 334 g/mol. The van der Waals surface area contributed by atoms with Gasteiger partial charge in [0.25, 0.3) is 0 Å². The molecule has 1 aromatic heterocycles. The zero-order chi connectivity index (χ0) is 17.3. The topological polar surface area (TPSA) is 39.3 Å². The predicted octanol–water partition coefficient (Wildman–Crippen LogP) is 4.00. The average Bonchev–Trinajstić information content (AvgIpc) is 3.05. The van der Waals surface area contributed by atoms with Gasteiger partial charge in [-0.25, -0.2) is 0 Å². The predicted molar refractivity (Wildman–Crippen MR) is 103 cm³/mol. The molecule has 0 atom stereocenters. The van der Waals surface area contributed by atoms with Crippen LogP contribution in [0.15, 0.2) is 54.7 Å². The number of aromatic nitrogens is 1. The summed E-state index contributed by atoms with van der Waals surface area (Å²) in [5.41, 5.74) is 4.23. The molecule has 4 rings (SSSR count). The van der Waals surface area contributed by atoms with Gasteiger partial charge in [-0.15, -0.1) is 0 Å². The van der Waals surface area contributed by atoms with Gasteiger partial charge in [0.05, 0.1) is 5.60 Å². The first-order valence-corrected chi connectivity index (χ1v) is 9.22. The Hall–Kier alpha value is -2.10. The molecule has 130 valence electrons. The Balaban J connectivity index is 1.38. The Morgan fingerprint density at radius 1 is 1.04 bits per heavy atom. The largest absolute Gasteiger partial charge is 0.385 e. The lowest BCUT2D eigenvalue weighted by atomic mass is 9.82. The molecule has 0 radical (unpaired) electrons. The fourth-order valence-corrected chi connectivity index (χ4v) is 4.13. The Kier molecular flexibility index (Phi) is 4.36. The first-order chi connectivity index (χ1) is 12.2. The average molecular weight is 334 g/mol. The van der Waals surface area contributed by atoms with Crippen molar-refractivity contribution in [1.82, 2.24) is 9.88 Å². The van der Waals surface area contributed by atoms with Crippen LogP contribution in [0.25, 0.3) is 10.9 Å². The van der Waals surface area contributed by atoms with Crippen molar-refractivity contribution in [2.75, 3.05) is 19.6 Å². The molecule has 3 nitrogen and oxygen atoms in total. The number of aliphatic hydroxyl groups is 1. The summed E-state index contributed by atoms with van der Waals surface area (Å²) >= 11 is 0. The number of nitrogens with one attached hydrogen (secondary N) is 1. The van der Waals surface area contributed by atoms with E-state index in [0.717, 1.165) is 44.5 Å². The van der Waals surface area contributed by atoms with E-state index in [1.165, 1.54) is 22.0 Å². The van der Waals surface area contributed by atoms with Crippen LogP contribution in [-0.2, 0) is 12.0 Å². The number of rotatable bonds is 4. The molecule has 3 heteroatoms. The number of fused-ring (bicyclic) bond motifs is 1. The summed E-state index contributed by atoms with van der Waals surface area (Å²) < 4.78 is 0. The number of aromatic amines is 1. The fourth-order valence-electron chi connectivity index (χ4n) is 4.13. The quantitative estimate of drug-likeness (QED) is 0.757. The van der Waals surface area contributed by atoms with Crippen LogP contribution in [0.3, 0.4) is 0 Å². The maximum absolute atomic E-state index is 11.1. The Morgan fingerprint density at radius 2 is 1.76 bits per heavy atom. The number of aryl methyl sites for hydroxylation is 1. The molecule has 0 aliphatic carbocycles. The summed E-state index contributed by atoms with van der Waals surface area (Å²) in [4.78, 5) is 5.84. The zero-order valence-corrected chi connectivity index (χ0v) is 14.8. The molecule has 0 saturated carbocycles. The molecular weight excluding hydrogens is 308 g/mol. The van der Waals surface area contributed by atoms with Crippen molar-refractivity contribution in [3.8, 4) is 0 Å². The Morgan fingerprint density at radius 3 is 2.56 bits per heavy atom. The van der Waals surface area contributed by atoms with Crippen molar-refractivity contribution in [1.29, 1.82) is 0 Å². The molecule has 25 heavy (non-hydrogen) atoms. The van der Waals surface area contributed by atoms with E-state index < -0.39 is 5.60 Å². The summed E-state index contributed by atoms with van der Waals surface area (Å²) in [6.07, 6.45) is 4.81. The summed E-state index contributed by atoms with van der Waals surface area (Å²) in [6, 6.07) is 16.7. The van der Waals surface area contributed by atoms with E-state index >= 15 is 0 Å². The maximum Gasteiger partial charge on any atom is 0.0923 e. The van der Waals surface area contributed by atoms with Gasteiger partial charge in [-0.2, -0.15) is 0 Å². The van der Waals surface area contributed by atoms with Gasteiger partial charge in [0.15, 0.2) is 0 Å². The highest BCUT2D eigenvalue weighted by Crippen LogP contribution is 2.34. The molecule has 2 heterocycles. The van der Waals surface area contributed by atoms with Gasteiger partial charge < -0.3 is 15.0 Å². The molecule has 0 amide bonds. The first-order valence-electron chi connectivity index (χ1n) is 9.22. The van der Waals surface area contributed by atoms with Crippen molar-refractivity contribution in [2.24, 2.45) is 0 Å². The van der Waals surface area contributed by atoms with Gasteiger partial charge in [-0.3, -0.25) is 0 Å². The molecule has 1 aliphatic rings. The van der Waals surface area contributed by atoms with E-state index in [0.29, 0.717) is 0 Å². The minimum Gasteiger partial charge on any atom is -0.385 e. The lowest BCUT2D eigenvalue weighted by Gasteiger charge is -2.39. The van der Waals surface area contributed by atoms with E-state index in [9.17, 15) is 5.11 Å². The molecular formula is C22H26N2O. The van der Waals surface area contributed by atoms with E-state index in [1.807, 2.05) is 12.1 Å². The smallest absolute Gasteiger partial charge is 0.0923 e. The maximum atomic E-state index is 11.1. The number of nitrogens with zero attached hydrogens (tertiary/aromatic N) is 1. The van der Waals surface area contributed by atoms with E-state index in [1.54, 1.807) is 0 Å². The van der Waals surface area contributed by atoms with Gasteiger partial charge >= 0.3 is 0 Å². The number of likely N-dealkylation sites (tertiary alicyclic amines) is 1. The molecule has 1 fully saturated rings. The van der Waals surface area contributed by atoms with Crippen molar-refractivity contribution >= 4 is 10.9 Å². The molecule has 2 aromatic carbocycles. The second-order valence-corrected chi connectivity index (χ2v) is 7.30. The number of H-pyrrole nitrogens is 1. The highest BCUT2D eigenvalue weighted by atomic mass is 16.3. The van der Waals surface area contributed by atoms with Crippen LogP contribution in [0.4, 0.5) is 0 Å². The van der Waals surface area contributed by atoms with Crippen LogP contribution >= 0.6 is 0 Å². The van der Waals surface area contributed by atoms with Crippen LogP contribution in [-0.4, -0.2) is 34.6 Å².